The van der Waals surface area contributed by atoms with Crippen LogP contribution in [-0.2, 0) is 6.54 Å². The minimum absolute atomic E-state index is 0.550. The van der Waals surface area contributed by atoms with Gasteiger partial charge in [0.25, 0.3) is 0 Å². The van der Waals surface area contributed by atoms with Crippen molar-refractivity contribution < 1.29 is 0 Å². The topological polar surface area (TPSA) is 21.1 Å². The molecule has 0 saturated heterocycles. The zero-order valence-electron chi connectivity index (χ0n) is 13.2. The lowest BCUT2D eigenvalue weighted by Gasteiger charge is -2.26. The van der Waals surface area contributed by atoms with Crippen molar-refractivity contribution in [1.29, 1.82) is 0 Å². The van der Waals surface area contributed by atoms with Gasteiger partial charge < -0.3 is 4.90 Å². The highest BCUT2D eigenvalue weighted by Gasteiger charge is 2.32. The van der Waals surface area contributed by atoms with E-state index in [4.69, 9.17) is 0 Å². The second-order valence-electron chi connectivity index (χ2n) is 7.05. The van der Waals surface area contributed by atoms with E-state index in [9.17, 15) is 0 Å². The highest BCUT2D eigenvalue weighted by molar-refractivity contribution is 5.06. The van der Waals surface area contributed by atoms with E-state index >= 15 is 0 Å². The standard InChI is InChI=1S/C16H29N3/c1-13-11-14(2)19(17-13)10-6-9-18(5)15-7-8-16(3,4)12-15/h11,15H,6-10,12H2,1-5H3. The first kappa shape index (κ1) is 14.6. The summed E-state index contributed by atoms with van der Waals surface area (Å²) in [5.41, 5.74) is 2.96. The van der Waals surface area contributed by atoms with Gasteiger partial charge in [0.15, 0.2) is 0 Å². The molecule has 1 atom stereocenters. The van der Waals surface area contributed by atoms with Gasteiger partial charge in [-0.25, -0.2) is 0 Å². The molecule has 1 aliphatic rings. The van der Waals surface area contributed by atoms with E-state index in [0.29, 0.717) is 5.41 Å². The van der Waals surface area contributed by atoms with Gasteiger partial charge in [-0.1, -0.05) is 13.8 Å². The Kier molecular flexibility index (Phi) is 4.34. The van der Waals surface area contributed by atoms with Crippen LogP contribution in [0.4, 0.5) is 0 Å². The quantitative estimate of drug-likeness (QED) is 0.812. The molecule has 1 saturated carbocycles. The largest absolute Gasteiger partial charge is 0.303 e. The average Bonchev–Trinajstić information content (AvgIpc) is 2.82. The molecule has 1 fully saturated rings. The summed E-state index contributed by atoms with van der Waals surface area (Å²) in [5, 5.41) is 4.53. The van der Waals surface area contributed by atoms with Crippen molar-refractivity contribution in [2.75, 3.05) is 13.6 Å². The predicted molar refractivity (Wildman–Crippen MR) is 80.4 cm³/mol. The highest BCUT2D eigenvalue weighted by atomic mass is 15.3. The lowest BCUT2D eigenvalue weighted by atomic mass is 9.91. The SMILES string of the molecule is Cc1cc(C)n(CCCN(C)C2CCC(C)(C)C2)n1. The number of aromatic nitrogens is 2. The first-order valence-corrected chi connectivity index (χ1v) is 7.59. The van der Waals surface area contributed by atoms with Crippen LogP contribution in [0.15, 0.2) is 6.07 Å². The first-order chi connectivity index (χ1) is 8.87. The number of hydrogen-bond acceptors (Lipinski definition) is 2. The Balaban J connectivity index is 1.75. The third-order valence-electron chi connectivity index (χ3n) is 4.55. The summed E-state index contributed by atoms with van der Waals surface area (Å²) in [7, 11) is 2.28. The van der Waals surface area contributed by atoms with Gasteiger partial charge in [-0.3, -0.25) is 4.68 Å². The van der Waals surface area contributed by atoms with Crippen molar-refractivity contribution in [3.63, 3.8) is 0 Å². The smallest absolute Gasteiger partial charge is 0.0596 e. The molecule has 0 aliphatic heterocycles. The monoisotopic (exact) mass is 263 g/mol. The minimum Gasteiger partial charge on any atom is -0.303 e. The van der Waals surface area contributed by atoms with Crippen LogP contribution >= 0.6 is 0 Å². The lowest BCUT2D eigenvalue weighted by Crippen LogP contribution is -2.31. The molecule has 0 amide bonds. The Morgan fingerprint density at radius 2 is 2.16 bits per heavy atom. The first-order valence-electron chi connectivity index (χ1n) is 7.59. The van der Waals surface area contributed by atoms with Gasteiger partial charge in [0.1, 0.15) is 0 Å². The van der Waals surface area contributed by atoms with E-state index in [1.807, 2.05) is 0 Å². The number of hydrogen-bond donors (Lipinski definition) is 0. The van der Waals surface area contributed by atoms with Crippen molar-refractivity contribution in [1.82, 2.24) is 14.7 Å². The van der Waals surface area contributed by atoms with Crippen LogP contribution in [0.1, 0.15) is 50.9 Å². The highest BCUT2D eigenvalue weighted by Crippen LogP contribution is 2.38. The summed E-state index contributed by atoms with van der Waals surface area (Å²) in [4.78, 5) is 2.56. The zero-order valence-corrected chi connectivity index (χ0v) is 13.2. The molecular weight excluding hydrogens is 234 g/mol. The van der Waals surface area contributed by atoms with Crippen LogP contribution in [0, 0.1) is 19.3 Å². The molecule has 19 heavy (non-hydrogen) atoms. The Bertz CT molecular complexity index is 420. The molecule has 1 heterocycles. The van der Waals surface area contributed by atoms with Gasteiger partial charge in [-0.05, 0) is 64.6 Å². The third-order valence-corrected chi connectivity index (χ3v) is 4.55. The molecule has 1 aliphatic carbocycles. The van der Waals surface area contributed by atoms with Crippen LogP contribution in [0.2, 0.25) is 0 Å². The van der Waals surface area contributed by atoms with Crippen molar-refractivity contribution in [2.45, 2.75) is 66.0 Å². The maximum atomic E-state index is 4.53. The summed E-state index contributed by atoms with van der Waals surface area (Å²) in [6.07, 6.45) is 5.28. The molecule has 1 unspecified atom stereocenters. The molecule has 0 N–H and O–H groups in total. The fraction of sp³-hybridized carbons (Fsp3) is 0.812. The Morgan fingerprint density at radius 3 is 2.68 bits per heavy atom. The molecule has 3 heteroatoms. The van der Waals surface area contributed by atoms with Gasteiger partial charge in [0.2, 0.25) is 0 Å². The predicted octanol–water partition coefficient (Wildman–Crippen LogP) is 3.40. The van der Waals surface area contributed by atoms with Crippen LogP contribution < -0.4 is 0 Å². The second kappa shape index (κ2) is 5.66. The van der Waals surface area contributed by atoms with Gasteiger partial charge in [0, 0.05) is 18.3 Å². The van der Waals surface area contributed by atoms with Crippen LogP contribution in [0.25, 0.3) is 0 Å². The van der Waals surface area contributed by atoms with E-state index in [-0.39, 0.29) is 0 Å². The van der Waals surface area contributed by atoms with Gasteiger partial charge in [-0.2, -0.15) is 5.10 Å². The summed E-state index contributed by atoms with van der Waals surface area (Å²) in [6.45, 7) is 11.2. The fourth-order valence-electron chi connectivity index (χ4n) is 3.33. The number of aryl methyl sites for hydroxylation is 3. The Hall–Kier alpha value is -0.830. The minimum atomic E-state index is 0.550. The molecule has 2 rings (SSSR count). The molecule has 108 valence electrons. The Labute approximate surface area is 118 Å². The third kappa shape index (κ3) is 3.82. The molecule has 0 aromatic carbocycles. The van der Waals surface area contributed by atoms with E-state index in [0.717, 1.165) is 18.3 Å². The maximum absolute atomic E-state index is 4.53. The lowest BCUT2D eigenvalue weighted by molar-refractivity contribution is 0.220. The second-order valence-corrected chi connectivity index (χ2v) is 7.05. The average molecular weight is 263 g/mol. The molecule has 1 aromatic heterocycles. The molecule has 3 nitrogen and oxygen atoms in total. The molecular formula is C16H29N3. The summed E-state index contributed by atoms with van der Waals surface area (Å²) in [6, 6.07) is 2.94. The summed E-state index contributed by atoms with van der Waals surface area (Å²) >= 11 is 0. The van der Waals surface area contributed by atoms with E-state index in [2.05, 4.69) is 55.5 Å². The van der Waals surface area contributed by atoms with Crippen molar-refractivity contribution in [2.24, 2.45) is 5.41 Å². The van der Waals surface area contributed by atoms with Gasteiger partial charge >= 0.3 is 0 Å². The van der Waals surface area contributed by atoms with Crippen molar-refractivity contribution >= 4 is 0 Å². The Morgan fingerprint density at radius 1 is 1.42 bits per heavy atom. The molecule has 0 spiro atoms. The normalized spacial score (nSPS) is 22.3. The van der Waals surface area contributed by atoms with E-state index in [1.165, 1.54) is 37.9 Å². The van der Waals surface area contributed by atoms with Gasteiger partial charge in [0.05, 0.1) is 5.69 Å². The maximum Gasteiger partial charge on any atom is 0.0596 e. The molecule has 0 radical (unpaired) electrons. The van der Waals surface area contributed by atoms with E-state index in [1.54, 1.807) is 0 Å². The van der Waals surface area contributed by atoms with Crippen LogP contribution in [0.5, 0.6) is 0 Å². The van der Waals surface area contributed by atoms with Crippen molar-refractivity contribution in [3.8, 4) is 0 Å². The fourth-order valence-corrected chi connectivity index (χ4v) is 3.33. The van der Waals surface area contributed by atoms with Gasteiger partial charge in [-0.15, -0.1) is 0 Å². The van der Waals surface area contributed by atoms with Crippen LogP contribution in [-0.4, -0.2) is 34.3 Å². The van der Waals surface area contributed by atoms with Crippen LogP contribution in [0.3, 0.4) is 0 Å². The zero-order chi connectivity index (χ0) is 14.0. The molecule has 0 bridgehead atoms. The van der Waals surface area contributed by atoms with Crippen molar-refractivity contribution in [3.05, 3.63) is 17.5 Å². The van der Waals surface area contributed by atoms with E-state index < -0.39 is 0 Å². The number of rotatable bonds is 5. The summed E-state index contributed by atoms with van der Waals surface area (Å²) in [5.74, 6) is 0. The summed E-state index contributed by atoms with van der Waals surface area (Å²) < 4.78 is 2.14. The molecule has 1 aromatic rings. The number of nitrogens with zero attached hydrogens (tertiary/aromatic N) is 3.